The zero-order valence-corrected chi connectivity index (χ0v) is 10.8. The normalized spacial score (nSPS) is 31.8. The lowest BCUT2D eigenvalue weighted by Gasteiger charge is -2.38. The smallest absolute Gasteiger partial charge is 0.316 e. The van der Waals surface area contributed by atoms with Gasteiger partial charge in [-0.3, -0.25) is 9.59 Å². The van der Waals surface area contributed by atoms with Crippen LogP contribution in [0.5, 0.6) is 0 Å². The van der Waals surface area contributed by atoms with Crippen LogP contribution in [0.3, 0.4) is 0 Å². The van der Waals surface area contributed by atoms with E-state index in [0.29, 0.717) is 6.61 Å². The molecular weight excluding hydrogens is 216 g/mol. The van der Waals surface area contributed by atoms with Crippen molar-refractivity contribution in [2.45, 2.75) is 52.4 Å². The fraction of sp³-hybridized carbons (Fsp3) is 0.857. The summed E-state index contributed by atoms with van der Waals surface area (Å²) in [5, 5.41) is 0. The maximum absolute atomic E-state index is 12.6. The fourth-order valence-corrected chi connectivity index (χ4v) is 3.50. The molecule has 2 atom stereocenters. The molecule has 2 unspecified atom stereocenters. The summed E-state index contributed by atoms with van der Waals surface area (Å²) in [5.41, 5.74) is -0.177. The van der Waals surface area contributed by atoms with Crippen LogP contribution in [0, 0.1) is 17.3 Å². The number of Topliss-reactive ketones (excluding diaryl/α,β-unsaturated/α-hetero) is 1. The Morgan fingerprint density at radius 2 is 2.00 bits per heavy atom. The van der Waals surface area contributed by atoms with Crippen molar-refractivity contribution in [1.82, 2.24) is 0 Å². The SMILES string of the molecule is CCOC(=O)C1C(=O)C2(CCCC2)CCC1C. The lowest BCUT2D eigenvalue weighted by Crippen LogP contribution is -2.45. The maximum atomic E-state index is 12.6. The van der Waals surface area contributed by atoms with Crippen LogP contribution in [-0.4, -0.2) is 18.4 Å². The van der Waals surface area contributed by atoms with Gasteiger partial charge in [-0.25, -0.2) is 0 Å². The lowest BCUT2D eigenvalue weighted by molar-refractivity contribution is -0.159. The minimum absolute atomic E-state index is 0.146. The molecule has 3 nitrogen and oxygen atoms in total. The molecule has 17 heavy (non-hydrogen) atoms. The second-order valence-electron chi connectivity index (χ2n) is 5.60. The largest absolute Gasteiger partial charge is 0.465 e. The van der Waals surface area contributed by atoms with E-state index >= 15 is 0 Å². The molecule has 0 aromatic heterocycles. The van der Waals surface area contributed by atoms with Crippen molar-refractivity contribution >= 4 is 11.8 Å². The Morgan fingerprint density at radius 3 is 2.59 bits per heavy atom. The van der Waals surface area contributed by atoms with Crippen molar-refractivity contribution in [1.29, 1.82) is 0 Å². The fourth-order valence-electron chi connectivity index (χ4n) is 3.50. The molecule has 2 fully saturated rings. The second kappa shape index (κ2) is 4.79. The van der Waals surface area contributed by atoms with E-state index in [1.54, 1.807) is 6.92 Å². The summed E-state index contributed by atoms with van der Waals surface area (Å²) >= 11 is 0. The molecule has 0 aromatic rings. The molecule has 0 heterocycles. The van der Waals surface area contributed by atoms with Gasteiger partial charge in [-0.2, -0.15) is 0 Å². The second-order valence-corrected chi connectivity index (χ2v) is 5.60. The Morgan fingerprint density at radius 1 is 1.35 bits per heavy atom. The number of hydrogen-bond acceptors (Lipinski definition) is 3. The molecule has 0 aliphatic heterocycles. The van der Waals surface area contributed by atoms with Crippen LogP contribution in [-0.2, 0) is 14.3 Å². The van der Waals surface area contributed by atoms with Gasteiger partial charge >= 0.3 is 5.97 Å². The number of ketones is 1. The Bertz CT molecular complexity index is 315. The summed E-state index contributed by atoms with van der Waals surface area (Å²) < 4.78 is 5.07. The van der Waals surface area contributed by atoms with E-state index in [0.717, 1.165) is 38.5 Å². The van der Waals surface area contributed by atoms with Gasteiger partial charge in [0.2, 0.25) is 0 Å². The Labute approximate surface area is 103 Å². The van der Waals surface area contributed by atoms with Gasteiger partial charge in [-0.15, -0.1) is 0 Å². The van der Waals surface area contributed by atoms with Crippen LogP contribution in [0.2, 0.25) is 0 Å². The van der Waals surface area contributed by atoms with Gasteiger partial charge in [0.1, 0.15) is 5.92 Å². The van der Waals surface area contributed by atoms with Crippen LogP contribution in [0.4, 0.5) is 0 Å². The van der Waals surface area contributed by atoms with Crippen molar-refractivity contribution in [3.63, 3.8) is 0 Å². The number of ether oxygens (including phenoxy) is 1. The summed E-state index contributed by atoms with van der Waals surface area (Å²) in [5.74, 6) is -0.474. The van der Waals surface area contributed by atoms with Gasteiger partial charge in [0.25, 0.3) is 0 Å². The molecule has 2 saturated carbocycles. The molecule has 0 bridgehead atoms. The van der Waals surface area contributed by atoms with Crippen molar-refractivity contribution in [2.24, 2.45) is 17.3 Å². The van der Waals surface area contributed by atoms with E-state index < -0.39 is 5.92 Å². The summed E-state index contributed by atoms with van der Waals surface area (Å²) in [6.07, 6.45) is 6.19. The minimum Gasteiger partial charge on any atom is -0.465 e. The molecule has 0 radical (unpaired) electrons. The number of carbonyl (C=O) groups is 2. The number of carbonyl (C=O) groups excluding carboxylic acids is 2. The summed E-state index contributed by atoms with van der Waals surface area (Å²) in [6, 6.07) is 0. The quantitative estimate of drug-likeness (QED) is 0.549. The third-order valence-electron chi connectivity index (χ3n) is 4.55. The third kappa shape index (κ3) is 2.12. The van der Waals surface area contributed by atoms with E-state index in [2.05, 4.69) is 0 Å². The van der Waals surface area contributed by atoms with Crippen LogP contribution in [0.1, 0.15) is 52.4 Å². The number of esters is 1. The molecule has 2 aliphatic rings. The van der Waals surface area contributed by atoms with E-state index in [9.17, 15) is 9.59 Å². The summed E-state index contributed by atoms with van der Waals surface area (Å²) in [6.45, 7) is 4.16. The molecule has 0 aromatic carbocycles. The number of hydrogen-bond donors (Lipinski definition) is 0. The average molecular weight is 238 g/mol. The predicted molar refractivity (Wildman–Crippen MR) is 64.4 cm³/mol. The van der Waals surface area contributed by atoms with Crippen LogP contribution in [0.25, 0.3) is 0 Å². The first-order valence-electron chi connectivity index (χ1n) is 6.82. The van der Waals surface area contributed by atoms with Crippen LogP contribution in [0.15, 0.2) is 0 Å². The highest BCUT2D eigenvalue weighted by Crippen LogP contribution is 2.50. The van der Waals surface area contributed by atoms with Crippen molar-refractivity contribution in [2.75, 3.05) is 6.61 Å². The highest BCUT2D eigenvalue weighted by molar-refractivity contribution is 6.03. The summed E-state index contributed by atoms with van der Waals surface area (Å²) in [4.78, 5) is 24.5. The van der Waals surface area contributed by atoms with Gasteiger partial charge in [-0.05, 0) is 38.5 Å². The van der Waals surface area contributed by atoms with Crippen molar-refractivity contribution in [3.05, 3.63) is 0 Å². The Balaban J connectivity index is 2.18. The van der Waals surface area contributed by atoms with Gasteiger partial charge in [0, 0.05) is 5.41 Å². The lowest BCUT2D eigenvalue weighted by atomic mass is 9.64. The van der Waals surface area contributed by atoms with E-state index in [1.165, 1.54) is 0 Å². The average Bonchev–Trinajstić information content (AvgIpc) is 2.75. The molecule has 0 N–H and O–H groups in total. The molecule has 0 saturated heterocycles. The molecular formula is C14H22O3. The minimum atomic E-state index is -0.498. The zero-order chi connectivity index (χ0) is 12.5. The highest BCUT2D eigenvalue weighted by atomic mass is 16.5. The van der Waals surface area contributed by atoms with E-state index in [1.807, 2.05) is 6.92 Å². The van der Waals surface area contributed by atoms with Gasteiger partial charge < -0.3 is 4.74 Å². The molecule has 1 spiro atoms. The van der Waals surface area contributed by atoms with Gasteiger partial charge in [-0.1, -0.05) is 19.8 Å². The zero-order valence-electron chi connectivity index (χ0n) is 10.8. The molecule has 0 amide bonds. The summed E-state index contributed by atoms with van der Waals surface area (Å²) in [7, 11) is 0. The Hall–Kier alpha value is -0.860. The van der Waals surface area contributed by atoms with Crippen molar-refractivity contribution in [3.8, 4) is 0 Å². The monoisotopic (exact) mass is 238 g/mol. The first-order valence-corrected chi connectivity index (χ1v) is 6.82. The standard InChI is InChI=1S/C14H22O3/c1-3-17-13(16)11-10(2)6-9-14(12(11)15)7-4-5-8-14/h10-11H,3-9H2,1-2H3. The third-order valence-corrected chi connectivity index (χ3v) is 4.55. The number of rotatable bonds is 2. The molecule has 2 rings (SSSR count). The first kappa shape index (κ1) is 12.6. The topological polar surface area (TPSA) is 43.4 Å². The van der Waals surface area contributed by atoms with Crippen LogP contribution >= 0.6 is 0 Å². The first-order chi connectivity index (χ1) is 8.10. The molecule has 96 valence electrons. The molecule has 3 heteroatoms. The highest BCUT2D eigenvalue weighted by Gasteiger charge is 2.51. The Kier molecular flexibility index (Phi) is 3.55. The van der Waals surface area contributed by atoms with Gasteiger partial charge in [0.15, 0.2) is 5.78 Å². The van der Waals surface area contributed by atoms with Gasteiger partial charge in [0.05, 0.1) is 6.61 Å². The predicted octanol–water partition coefficient (Wildman–Crippen LogP) is 2.73. The molecule has 2 aliphatic carbocycles. The van der Waals surface area contributed by atoms with E-state index in [4.69, 9.17) is 4.74 Å². The van der Waals surface area contributed by atoms with E-state index in [-0.39, 0.29) is 23.1 Å². The maximum Gasteiger partial charge on any atom is 0.316 e. The van der Waals surface area contributed by atoms with Crippen molar-refractivity contribution < 1.29 is 14.3 Å². The van der Waals surface area contributed by atoms with Crippen LogP contribution < -0.4 is 0 Å².